The van der Waals surface area contributed by atoms with Crippen LogP contribution in [-0.4, -0.2) is 10.5 Å². The van der Waals surface area contributed by atoms with E-state index in [0.29, 0.717) is 6.54 Å². The molecule has 4 aromatic rings. The number of hydrogen-bond acceptors (Lipinski definition) is 2. The zero-order valence-electron chi connectivity index (χ0n) is 16.0. The summed E-state index contributed by atoms with van der Waals surface area (Å²) in [4.78, 5) is 12.6. The van der Waals surface area contributed by atoms with Crippen LogP contribution < -0.4 is 5.32 Å². The highest BCUT2D eigenvalue weighted by Gasteiger charge is 2.14. The summed E-state index contributed by atoms with van der Waals surface area (Å²) >= 11 is 0. The molecule has 4 rings (SSSR count). The first-order chi connectivity index (χ1) is 14.7. The number of para-hydroxylation sites is 2. The minimum absolute atomic E-state index is 0.0372. The number of rotatable bonds is 5. The van der Waals surface area contributed by atoms with Crippen LogP contribution in [0, 0.1) is 17.1 Å². The van der Waals surface area contributed by atoms with E-state index >= 15 is 0 Å². The molecule has 4 nitrogen and oxygen atoms in total. The number of aromatic nitrogens is 1. The van der Waals surface area contributed by atoms with Crippen LogP contribution in [0.1, 0.15) is 11.1 Å². The lowest BCUT2D eigenvalue weighted by molar-refractivity contribution is -0.112. The van der Waals surface area contributed by atoms with Gasteiger partial charge in [0.05, 0.1) is 5.69 Å². The fourth-order valence-electron chi connectivity index (χ4n) is 3.36. The molecular weight excluding hydrogens is 377 g/mol. The Morgan fingerprint density at radius 3 is 2.47 bits per heavy atom. The third kappa shape index (κ3) is 3.98. The first kappa shape index (κ1) is 19.2. The summed E-state index contributed by atoms with van der Waals surface area (Å²) in [7, 11) is 0. The number of nitriles is 1. The number of carbonyl (C=O) groups excluding carboxylic acids is 1. The number of halogens is 1. The molecule has 1 amide bonds. The number of hydrogen-bond donors (Lipinski definition) is 1. The van der Waals surface area contributed by atoms with E-state index < -0.39 is 11.7 Å². The number of benzene rings is 3. The molecule has 1 N–H and O–H groups in total. The topological polar surface area (TPSA) is 57.8 Å². The highest BCUT2D eigenvalue weighted by Crippen LogP contribution is 2.25. The molecule has 30 heavy (non-hydrogen) atoms. The van der Waals surface area contributed by atoms with Gasteiger partial charge in [-0.15, -0.1) is 0 Å². The van der Waals surface area contributed by atoms with Crippen molar-refractivity contribution in [2.24, 2.45) is 0 Å². The van der Waals surface area contributed by atoms with Gasteiger partial charge in [0.2, 0.25) is 0 Å². The lowest BCUT2D eigenvalue weighted by Crippen LogP contribution is -2.14. The fraction of sp³-hybridized carbons (Fsp3) is 0.0400. The highest BCUT2D eigenvalue weighted by molar-refractivity contribution is 6.10. The summed E-state index contributed by atoms with van der Waals surface area (Å²) in [5.74, 6) is -1.20. The minimum Gasteiger partial charge on any atom is -0.342 e. The van der Waals surface area contributed by atoms with Crippen molar-refractivity contribution in [2.75, 3.05) is 5.32 Å². The number of nitrogens with one attached hydrogen (secondary N) is 1. The molecule has 0 bridgehead atoms. The molecule has 0 saturated heterocycles. The van der Waals surface area contributed by atoms with Crippen molar-refractivity contribution in [1.82, 2.24) is 4.57 Å². The molecule has 0 atom stereocenters. The van der Waals surface area contributed by atoms with Crippen molar-refractivity contribution in [1.29, 1.82) is 5.26 Å². The molecule has 1 aromatic heterocycles. The van der Waals surface area contributed by atoms with Gasteiger partial charge >= 0.3 is 0 Å². The molecular formula is C25H18FN3O. The first-order valence-electron chi connectivity index (χ1n) is 9.45. The third-order valence-electron chi connectivity index (χ3n) is 4.80. The molecule has 3 aromatic carbocycles. The predicted molar refractivity (Wildman–Crippen MR) is 116 cm³/mol. The van der Waals surface area contributed by atoms with E-state index in [1.165, 1.54) is 18.2 Å². The lowest BCUT2D eigenvalue weighted by Gasteiger charge is -2.05. The summed E-state index contributed by atoms with van der Waals surface area (Å²) < 4.78 is 15.9. The second kappa shape index (κ2) is 8.46. The number of nitrogens with zero attached hydrogens (tertiary/aromatic N) is 2. The molecule has 5 heteroatoms. The van der Waals surface area contributed by atoms with Crippen LogP contribution >= 0.6 is 0 Å². The molecule has 0 radical (unpaired) electrons. The van der Waals surface area contributed by atoms with E-state index in [0.717, 1.165) is 22.0 Å². The van der Waals surface area contributed by atoms with Crippen LogP contribution in [0.5, 0.6) is 0 Å². The Morgan fingerprint density at radius 2 is 1.70 bits per heavy atom. The number of anilines is 1. The van der Waals surface area contributed by atoms with Gasteiger partial charge in [0.1, 0.15) is 17.5 Å². The van der Waals surface area contributed by atoms with Gasteiger partial charge in [0.25, 0.3) is 5.91 Å². The second-order valence-electron chi connectivity index (χ2n) is 6.82. The van der Waals surface area contributed by atoms with E-state index in [1.807, 2.05) is 66.9 Å². The summed E-state index contributed by atoms with van der Waals surface area (Å²) in [6.07, 6.45) is 3.46. The molecule has 0 spiro atoms. The second-order valence-corrected chi connectivity index (χ2v) is 6.82. The Balaban J connectivity index is 1.69. The number of amides is 1. The number of fused-ring (bicyclic) bond motifs is 1. The molecule has 1 heterocycles. The Morgan fingerprint density at radius 1 is 1.00 bits per heavy atom. The molecule has 0 saturated carbocycles. The first-order valence-corrected chi connectivity index (χ1v) is 9.45. The number of carbonyl (C=O) groups is 1. The Bertz CT molecular complexity index is 1280. The molecule has 0 aliphatic carbocycles. The quantitative estimate of drug-likeness (QED) is 0.365. The lowest BCUT2D eigenvalue weighted by atomic mass is 10.1. The third-order valence-corrected chi connectivity index (χ3v) is 4.80. The van der Waals surface area contributed by atoms with Crippen molar-refractivity contribution >= 4 is 28.6 Å². The smallest absolute Gasteiger partial charge is 0.266 e. The molecule has 0 aliphatic rings. The van der Waals surface area contributed by atoms with E-state index in [9.17, 15) is 14.4 Å². The summed E-state index contributed by atoms with van der Waals surface area (Å²) in [5.41, 5.74) is 2.84. The zero-order chi connectivity index (χ0) is 20.9. The summed E-state index contributed by atoms with van der Waals surface area (Å²) in [6, 6.07) is 25.7. The molecule has 146 valence electrons. The fourth-order valence-corrected chi connectivity index (χ4v) is 3.36. The van der Waals surface area contributed by atoms with E-state index in [4.69, 9.17) is 0 Å². The van der Waals surface area contributed by atoms with Crippen molar-refractivity contribution < 1.29 is 9.18 Å². The Kier molecular flexibility index (Phi) is 5.40. The van der Waals surface area contributed by atoms with Gasteiger partial charge in [-0.2, -0.15) is 5.26 Å². The van der Waals surface area contributed by atoms with Gasteiger partial charge in [-0.1, -0.05) is 60.7 Å². The average Bonchev–Trinajstić information content (AvgIpc) is 3.11. The predicted octanol–water partition coefficient (Wildman–Crippen LogP) is 5.37. The Labute approximate surface area is 173 Å². The van der Waals surface area contributed by atoms with Crippen molar-refractivity contribution in [3.05, 3.63) is 108 Å². The van der Waals surface area contributed by atoms with Crippen molar-refractivity contribution in [2.45, 2.75) is 6.54 Å². The maximum Gasteiger partial charge on any atom is 0.266 e. The van der Waals surface area contributed by atoms with Crippen molar-refractivity contribution in [3.63, 3.8) is 0 Å². The SMILES string of the molecule is N#CC(=Cc1cn(Cc2ccccc2)c2ccccc12)C(=O)Nc1ccccc1F. The zero-order valence-corrected chi connectivity index (χ0v) is 16.0. The average molecular weight is 395 g/mol. The maximum absolute atomic E-state index is 13.8. The minimum atomic E-state index is -0.650. The van der Waals surface area contributed by atoms with Crippen LogP contribution in [0.15, 0.2) is 90.6 Å². The highest BCUT2D eigenvalue weighted by atomic mass is 19.1. The standard InChI is InChI=1S/C25H18FN3O/c26-22-11-5-6-12-23(22)28-25(30)19(15-27)14-20-17-29(16-18-8-2-1-3-9-18)24-13-7-4-10-21(20)24/h1-14,17H,16H2,(H,28,30). The van der Waals surface area contributed by atoms with Gasteiger partial charge < -0.3 is 9.88 Å². The van der Waals surface area contributed by atoms with Gasteiger partial charge in [0.15, 0.2) is 0 Å². The van der Waals surface area contributed by atoms with Crippen LogP contribution in [0.4, 0.5) is 10.1 Å². The van der Waals surface area contributed by atoms with Gasteiger partial charge in [0, 0.05) is 29.2 Å². The maximum atomic E-state index is 13.8. The van der Waals surface area contributed by atoms with E-state index in [1.54, 1.807) is 12.1 Å². The van der Waals surface area contributed by atoms with Crippen LogP contribution in [-0.2, 0) is 11.3 Å². The molecule has 0 aliphatic heterocycles. The van der Waals surface area contributed by atoms with Crippen LogP contribution in [0.2, 0.25) is 0 Å². The Hall–Kier alpha value is -4.17. The normalized spacial score (nSPS) is 11.3. The van der Waals surface area contributed by atoms with Gasteiger partial charge in [-0.05, 0) is 29.8 Å². The molecule has 0 fully saturated rings. The van der Waals surface area contributed by atoms with Crippen LogP contribution in [0.3, 0.4) is 0 Å². The molecule has 0 unspecified atom stereocenters. The van der Waals surface area contributed by atoms with E-state index in [-0.39, 0.29) is 11.3 Å². The van der Waals surface area contributed by atoms with E-state index in [2.05, 4.69) is 9.88 Å². The van der Waals surface area contributed by atoms with Crippen LogP contribution in [0.25, 0.3) is 17.0 Å². The van der Waals surface area contributed by atoms with Gasteiger partial charge in [-0.3, -0.25) is 4.79 Å². The van der Waals surface area contributed by atoms with Crippen molar-refractivity contribution in [3.8, 4) is 6.07 Å². The monoisotopic (exact) mass is 395 g/mol. The summed E-state index contributed by atoms with van der Waals surface area (Å²) in [5, 5.41) is 12.9. The van der Waals surface area contributed by atoms with Gasteiger partial charge in [-0.25, -0.2) is 4.39 Å². The largest absolute Gasteiger partial charge is 0.342 e. The summed E-state index contributed by atoms with van der Waals surface area (Å²) in [6.45, 7) is 0.665.